The van der Waals surface area contributed by atoms with Crippen molar-refractivity contribution >= 4 is 0 Å². The first-order chi connectivity index (χ1) is 13.0. The fourth-order valence-corrected chi connectivity index (χ4v) is 4.75. The lowest BCUT2D eigenvalue weighted by atomic mass is 9.62. The van der Waals surface area contributed by atoms with Crippen LogP contribution >= 0.6 is 0 Å². The van der Waals surface area contributed by atoms with Gasteiger partial charge in [0.25, 0.3) is 0 Å². The SMILES string of the molecule is C=CCC12CC(OC)C=CC1(OC)OC(c1ccc(OC)c(OC)c1)C2C. The van der Waals surface area contributed by atoms with Crippen LogP contribution in [-0.4, -0.2) is 40.3 Å². The number of fused-ring (bicyclic) bond motifs is 1. The molecule has 0 N–H and O–H groups in total. The van der Waals surface area contributed by atoms with E-state index in [2.05, 4.69) is 13.5 Å². The number of hydrogen-bond acceptors (Lipinski definition) is 5. The van der Waals surface area contributed by atoms with Gasteiger partial charge in [0.1, 0.15) is 0 Å². The van der Waals surface area contributed by atoms with Gasteiger partial charge in [-0.25, -0.2) is 0 Å². The molecule has 0 aromatic heterocycles. The molecule has 5 nitrogen and oxygen atoms in total. The Balaban J connectivity index is 2.06. The third kappa shape index (κ3) is 2.98. The van der Waals surface area contributed by atoms with E-state index in [1.165, 1.54) is 0 Å². The van der Waals surface area contributed by atoms with Gasteiger partial charge < -0.3 is 23.7 Å². The fourth-order valence-electron chi connectivity index (χ4n) is 4.75. The Hall–Kier alpha value is -1.82. The van der Waals surface area contributed by atoms with Crippen molar-refractivity contribution in [3.8, 4) is 11.5 Å². The minimum atomic E-state index is -0.812. The molecule has 1 aromatic carbocycles. The number of hydrogen-bond donors (Lipinski definition) is 0. The molecule has 1 fully saturated rings. The topological polar surface area (TPSA) is 46.2 Å². The molecule has 0 amide bonds. The van der Waals surface area contributed by atoms with Crippen LogP contribution in [0.25, 0.3) is 0 Å². The lowest BCUT2D eigenvalue weighted by Gasteiger charge is -2.47. The average molecular weight is 374 g/mol. The largest absolute Gasteiger partial charge is 0.493 e. The second-order valence-electron chi connectivity index (χ2n) is 7.30. The molecule has 27 heavy (non-hydrogen) atoms. The van der Waals surface area contributed by atoms with E-state index in [1.54, 1.807) is 28.4 Å². The molecule has 0 radical (unpaired) electrons. The standard InChI is InChI=1S/C22H30O5/c1-7-11-21-14-17(23-3)10-12-22(21,26-6)27-20(15(21)2)16-8-9-18(24-4)19(13-16)25-5/h7-10,12-13,15,17,20H,1,11,14H2,2-6H3. The van der Waals surface area contributed by atoms with Crippen LogP contribution in [0, 0.1) is 11.3 Å². The number of methoxy groups -OCH3 is 4. The van der Waals surface area contributed by atoms with Crippen molar-refractivity contribution in [2.45, 2.75) is 37.8 Å². The summed E-state index contributed by atoms with van der Waals surface area (Å²) < 4.78 is 29.1. The van der Waals surface area contributed by atoms with Crippen LogP contribution < -0.4 is 9.47 Å². The predicted molar refractivity (Wildman–Crippen MR) is 104 cm³/mol. The number of benzene rings is 1. The summed E-state index contributed by atoms with van der Waals surface area (Å²) in [5, 5.41) is 0. The van der Waals surface area contributed by atoms with Crippen molar-refractivity contribution < 1.29 is 23.7 Å². The van der Waals surface area contributed by atoms with Gasteiger partial charge in [0.05, 0.1) is 26.4 Å². The van der Waals surface area contributed by atoms with Gasteiger partial charge in [-0.15, -0.1) is 6.58 Å². The van der Waals surface area contributed by atoms with Crippen molar-refractivity contribution in [3.63, 3.8) is 0 Å². The summed E-state index contributed by atoms with van der Waals surface area (Å²) in [6.45, 7) is 6.22. The van der Waals surface area contributed by atoms with Crippen LogP contribution in [0.4, 0.5) is 0 Å². The predicted octanol–water partition coefficient (Wildman–Crippen LogP) is 4.29. The molecule has 0 spiro atoms. The Morgan fingerprint density at radius 3 is 2.52 bits per heavy atom. The highest BCUT2D eigenvalue weighted by atomic mass is 16.7. The van der Waals surface area contributed by atoms with E-state index in [0.717, 1.165) is 18.4 Å². The van der Waals surface area contributed by atoms with E-state index in [4.69, 9.17) is 23.7 Å². The second kappa shape index (κ2) is 7.66. The van der Waals surface area contributed by atoms with Crippen LogP contribution in [0.2, 0.25) is 0 Å². The maximum atomic E-state index is 6.61. The maximum Gasteiger partial charge on any atom is 0.194 e. The molecule has 148 valence electrons. The lowest BCUT2D eigenvalue weighted by molar-refractivity contribution is -0.234. The maximum absolute atomic E-state index is 6.61. The summed E-state index contributed by atoms with van der Waals surface area (Å²) in [5.74, 6) is 0.755. The van der Waals surface area contributed by atoms with E-state index in [-0.39, 0.29) is 23.5 Å². The molecule has 5 unspecified atom stereocenters. The van der Waals surface area contributed by atoms with Crippen LogP contribution in [0.3, 0.4) is 0 Å². The average Bonchev–Trinajstić information content (AvgIpc) is 2.96. The summed E-state index contributed by atoms with van der Waals surface area (Å²) in [4.78, 5) is 0. The van der Waals surface area contributed by atoms with Crippen molar-refractivity contribution in [2.75, 3.05) is 28.4 Å². The molecule has 1 heterocycles. The number of ether oxygens (including phenoxy) is 5. The van der Waals surface area contributed by atoms with Gasteiger partial charge >= 0.3 is 0 Å². The zero-order chi connectivity index (χ0) is 19.7. The Bertz CT molecular complexity index is 715. The van der Waals surface area contributed by atoms with Crippen LogP contribution in [0.5, 0.6) is 11.5 Å². The van der Waals surface area contributed by atoms with E-state index in [0.29, 0.717) is 11.5 Å². The van der Waals surface area contributed by atoms with Crippen LogP contribution in [0.15, 0.2) is 43.0 Å². The zero-order valence-electron chi connectivity index (χ0n) is 16.9. The minimum Gasteiger partial charge on any atom is -0.493 e. The first-order valence-corrected chi connectivity index (χ1v) is 9.28. The Labute approximate surface area is 161 Å². The third-order valence-corrected chi connectivity index (χ3v) is 6.27. The highest BCUT2D eigenvalue weighted by molar-refractivity contribution is 5.44. The van der Waals surface area contributed by atoms with Gasteiger partial charge in [-0.1, -0.05) is 25.1 Å². The summed E-state index contributed by atoms with van der Waals surface area (Å²) in [6, 6.07) is 5.93. The van der Waals surface area contributed by atoms with Gasteiger partial charge in [-0.3, -0.25) is 0 Å². The Morgan fingerprint density at radius 2 is 1.93 bits per heavy atom. The van der Waals surface area contributed by atoms with E-state index in [9.17, 15) is 0 Å². The number of allylic oxidation sites excluding steroid dienone is 1. The zero-order valence-corrected chi connectivity index (χ0v) is 16.9. The molecule has 5 heteroatoms. The summed E-state index contributed by atoms with van der Waals surface area (Å²) >= 11 is 0. The molecular weight excluding hydrogens is 344 g/mol. The lowest BCUT2D eigenvalue weighted by Crippen LogP contribution is -2.51. The summed E-state index contributed by atoms with van der Waals surface area (Å²) in [7, 11) is 6.72. The van der Waals surface area contributed by atoms with Gasteiger partial charge in [0.15, 0.2) is 17.3 Å². The molecule has 1 saturated heterocycles. The third-order valence-electron chi connectivity index (χ3n) is 6.27. The van der Waals surface area contributed by atoms with Crippen molar-refractivity contribution in [2.24, 2.45) is 11.3 Å². The highest BCUT2D eigenvalue weighted by Crippen LogP contribution is 2.63. The number of rotatable bonds is 7. The molecule has 0 saturated carbocycles. The van der Waals surface area contributed by atoms with Crippen LogP contribution in [-0.2, 0) is 14.2 Å². The molecular formula is C22H30O5. The monoisotopic (exact) mass is 374 g/mol. The van der Waals surface area contributed by atoms with Gasteiger partial charge in [0, 0.05) is 19.6 Å². The molecule has 5 atom stereocenters. The molecule has 1 aliphatic carbocycles. The summed E-state index contributed by atoms with van der Waals surface area (Å²) in [5.41, 5.74) is 0.772. The van der Waals surface area contributed by atoms with Gasteiger partial charge in [-0.2, -0.15) is 0 Å². The molecule has 2 aliphatic rings. The fraction of sp³-hybridized carbons (Fsp3) is 0.545. The molecule has 3 rings (SSSR count). The van der Waals surface area contributed by atoms with E-state index < -0.39 is 5.79 Å². The Morgan fingerprint density at radius 1 is 1.19 bits per heavy atom. The first kappa shape index (κ1) is 19.9. The van der Waals surface area contributed by atoms with Crippen LogP contribution in [0.1, 0.15) is 31.4 Å². The van der Waals surface area contributed by atoms with Crippen molar-refractivity contribution in [1.29, 1.82) is 0 Å². The molecule has 0 bridgehead atoms. The quantitative estimate of drug-likeness (QED) is 0.666. The smallest absolute Gasteiger partial charge is 0.194 e. The van der Waals surface area contributed by atoms with Crippen molar-refractivity contribution in [3.05, 3.63) is 48.6 Å². The van der Waals surface area contributed by atoms with E-state index in [1.807, 2.05) is 36.4 Å². The normalized spacial score (nSPS) is 34.9. The van der Waals surface area contributed by atoms with Gasteiger partial charge in [0.2, 0.25) is 0 Å². The molecule has 1 aromatic rings. The van der Waals surface area contributed by atoms with Crippen molar-refractivity contribution in [1.82, 2.24) is 0 Å². The second-order valence-corrected chi connectivity index (χ2v) is 7.30. The highest BCUT2D eigenvalue weighted by Gasteiger charge is 2.64. The molecule has 1 aliphatic heterocycles. The minimum absolute atomic E-state index is 0.0310. The summed E-state index contributed by atoms with van der Waals surface area (Å²) in [6.07, 6.45) is 7.48. The first-order valence-electron chi connectivity index (χ1n) is 9.28. The van der Waals surface area contributed by atoms with Gasteiger partial charge in [-0.05, 0) is 42.5 Å². The Kier molecular flexibility index (Phi) is 5.65. The van der Waals surface area contributed by atoms with E-state index >= 15 is 0 Å².